The van der Waals surface area contributed by atoms with Gasteiger partial charge in [0.1, 0.15) is 17.4 Å². The van der Waals surface area contributed by atoms with Gasteiger partial charge in [-0.25, -0.2) is 0 Å². The normalized spacial score (nSPS) is 10.7. The number of rotatable bonds is 8. The fourth-order valence-corrected chi connectivity index (χ4v) is 2.56. The number of phenols is 1. The Balaban J connectivity index is 2.35. The van der Waals surface area contributed by atoms with Gasteiger partial charge in [0.15, 0.2) is 11.5 Å². The molecule has 144 valence electrons. The molecule has 0 atom stereocenters. The molecule has 2 N–H and O–H groups in total. The van der Waals surface area contributed by atoms with Crippen molar-refractivity contribution >= 4 is 17.7 Å². The number of amides is 1. The monoisotopic (exact) mass is 378 g/mol. The number of carbonyl (C=O) groups excluding carboxylic acids is 1. The number of hydrogen-bond acceptors (Lipinski definition) is 5. The van der Waals surface area contributed by atoms with Crippen molar-refractivity contribution in [2.24, 2.45) is 0 Å². The second-order valence-electron chi connectivity index (χ2n) is 5.81. The summed E-state index contributed by atoms with van der Waals surface area (Å²) in [6.07, 6.45) is 3.52. The van der Waals surface area contributed by atoms with E-state index in [1.54, 1.807) is 49.4 Å². The van der Waals surface area contributed by atoms with Gasteiger partial charge in [-0.05, 0) is 49.2 Å². The van der Waals surface area contributed by atoms with Crippen LogP contribution in [0.1, 0.15) is 18.1 Å². The molecule has 1 amide bonds. The van der Waals surface area contributed by atoms with Gasteiger partial charge in [0.2, 0.25) is 0 Å². The first kappa shape index (κ1) is 20.6. The molecule has 0 aromatic heterocycles. The fourth-order valence-electron chi connectivity index (χ4n) is 2.56. The Labute approximate surface area is 164 Å². The minimum absolute atomic E-state index is 0.0261. The predicted molar refractivity (Wildman–Crippen MR) is 108 cm³/mol. The van der Waals surface area contributed by atoms with Crippen LogP contribution in [-0.4, -0.2) is 24.7 Å². The highest BCUT2D eigenvalue weighted by Crippen LogP contribution is 2.33. The summed E-state index contributed by atoms with van der Waals surface area (Å²) in [6.45, 7) is 5.85. The van der Waals surface area contributed by atoms with E-state index in [9.17, 15) is 15.2 Å². The molecule has 0 radical (unpaired) electrons. The average molecular weight is 378 g/mol. The van der Waals surface area contributed by atoms with Crippen LogP contribution in [0.15, 0.2) is 54.6 Å². The molecule has 0 bridgehead atoms. The van der Waals surface area contributed by atoms with Crippen LogP contribution in [-0.2, 0) is 11.2 Å². The molecule has 0 unspecified atom stereocenters. The first-order valence-corrected chi connectivity index (χ1v) is 8.69. The Kier molecular flexibility index (Phi) is 7.23. The van der Waals surface area contributed by atoms with Crippen LogP contribution in [0.25, 0.3) is 6.08 Å². The summed E-state index contributed by atoms with van der Waals surface area (Å²) in [4.78, 5) is 12.5. The molecule has 6 heteroatoms. The number of methoxy groups -OCH3 is 1. The maximum absolute atomic E-state index is 12.5. The Bertz CT molecular complexity index is 942. The lowest BCUT2D eigenvalue weighted by Gasteiger charge is -2.11. The Hall–Kier alpha value is -3.72. The molecule has 0 saturated carbocycles. The maximum Gasteiger partial charge on any atom is 0.266 e. The lowest BCUT2D eigenvalue weighted by Crippen LogP contribution is -2.13. The molecule has 0 spiro atoms. The van der Waals surface area contributed by atoms with Crippen LogP contribution in [0.3, 0.4) is 0 Å². The van der Waals surface area contributed by atoms with E-state index in [2.05, 4.69) is 11.9 Å². The summed E-state index contributed by atoms with van der Waals surface area (Å²) in [5, 5.41) is 22.4. The van der Waals surface area contributed by atoms with Crippen LogP contribution < -0.4 is 14.8 Å². The number of nitrogens with zero attached hydrogens (tertiary/aromatic N) is 1. The van der Waals surface area contributed by atoms with E-state index in [0.29, 0.717) is 41.3 Å². The molecular weight excluding hydrogens is 356 g/mol. The molecule has 0 aliphatic rings. The third kappa shape index (κ3) is 5.15. The minimum atomic E-state index is -0.549. The topological polar surface area (TPSA) is 91.6 Å². The third-order valence-corrected chi connectivity index (χ3v) is 3.84. The molecule has 0 aliphatic carbocycles. The van der Waals surface area contributed by atoms with Gasteiger partial charge >= 0.3 is 0 Å². The number of benzene rings is 2. The molecule has 0 heterocycles. The summed E-state index contributed by atoms with van der Waals surface area (Å²) >= 11 is 0. The molecule has 6 nitrogen and oxygen atoms in total. The summed E-state index contributed by atoms with van der Waals surface area (Å²) in [5.74, 6) is 0.359. The second-order valence-corrected chi connectivity index (χ2v) is 5.81. The number of anilines is 1. The van der Waals surface area contributed by atoms with E-state index in [1.807, 2.05) is 6.07 Å². The van der Waals surface area contributed by atoms with E-state index in [0.717, 1.165) is 0 Å². The van der Waals surface area contributed by atoms with Crippen molar-refractivity contribution in [3.05, 3.63) is 65.8 Å². The van der Waals surface area contributed by atoms with Crippen molar-refractivity contribution < 1.29 is 19.4 Å². The first-order chi connectivity index (χ1) is 13.5. The summed E-state index contributed by atoms with van der Waals surface area (Å²) in [7, 11) is 1.53. The highest BCUT2D eigenvalue weighted by Gasteiger charge is 2.13. The molecule has 2 aromatic rings. The highest BCUT2D eigenvalue weighted by atomic mass is 16.5. The number of ether oxygens (including phenoxy) is 2. The van der Waals surface area contributed by atoms with E-state index in [4.69, 9.17) is 9.47 Å². The highest BCUT2D eigenvalue weighted by molar-refractivity contribution is 6.09. The largest absolute Gasteiger partial charge is 0.504 e. The molecule has 0 saturated heterocycles. The van der Waals surface area contributed by atoms with Gasteiger partial charge in [-0.15, -0.1) is 6.58 Å². The zero-order chi connectivity index (χ0) is 20.5. The SMILES string of the molecule is C=CCc1cc(/C=C(/C#N)C(=O)Nc2cccc(OC)c2)cc(OCC)c1O. The van der Waals surface area contributed by atoms with Gasteiger partial charge in [-0.1, -0.05) is 12.1 Å². The molecule has 0 fully saturated rings. The van der Waals surface area contributed by atoms with E-state index < -0.39 is 5.91 Å². The summed E-state index contributed by atoms with van der Waals surface area (Å²) in [5.41, 5.74) is 1.59. The van der Waals surface area contributed by atoms with Gasteiger partial charge in [0.05, 0.1) is 13.7 Å². The van der Waals surface area contributed by atoms with Gasteiger partial charge in [-0.3, -0.25) is 4.79 Å². The quantitative estimate of drug-likeness (QED) is 0.410. The van der Waals surface area contributed by atoms with Crippen molar-refractivity contribution in [3.8, 4) is 23.3 Å². The van der Waals surface area contributed by atoms with Crippen molar-refractivity contribution in [1.29, 1.82) is 5.26 Å². The van der Waals surface area contributed by atoms with E-state index >= 15 is 0 Å². The van der Waals surface area contributed by atoms with Gasteiger partial charge in [0.25, 0.3) is 5.91 Å². The predicted octanol–water partition coefficient (Wildman–Crippen LogP) is 4.07. The Morgan fingerprint density at radius 2 is 2.14 bits per heavy atom. The number of aromatic hydroxyl groups is 1. The zero-order valence-corrected chi connectivity index (χ0v) is 15.9. The minimum Gasteiger partial charge on any atom is -0.504 e. The Morgan fingerprint density at radius 1 is 1.36 bits per heavy atom. The Morgan fingerprint density at radius 3 is 2.79 bits per heavy atom. The van der Waals surface area contributed by atoms with Crippen molar-refractivity contribution in [3.63, 3.8) is 0 Å². The van der Waals surface area contributed by atoms with Gasteiger partial charge < -0.3 is 19.9 Å². The lowest BCUT2D eigenvalue weighted by atomic mass is 10.0. The summed E-state index contributed by atoms with van der Waals surface area (Å²) < 4.78 is 10.6. The molecule has 28 heavy (non-hydrogen) atoms. The van der Waals surface area contributed by atoms with Crippen LogP contribution in [0.2, 0.25) is 0 Å². The first-order valence-electron chi connectivity index (χ1n) is 8.69. The average Bonchev–Trinajstić information content (AvgIpc) is 2.69. The van der Waals surface area contributed by atoms with Crippen molar-refractivity contribution in [2.75, 3.05) is 19.0 Å². The van der Waals surface area contributed by atoms with Crippen molar-refractivity contribution in [1.82, 2.24) is 0 Å². The molecule has 2 rings (SSSR count). The number of hydrogen-bond donors (Lipinski definition) is 2. The standard InChI is InChI=1S/C22H22N2O4/c1-4-7-16-10-15(12-20(21(16)25)28-5-2)11-17(14-23)22(26)24-18-8-6-9-19(13-18)27-3/h4,6,8-13,25H,1,5,7H2,2-3H3,(H,24,26)/b17-11-. The zero-order valence-electron chi connectivity index (χ0n) is 15.9. The third-order valence-electron chi connectivity index (χ3n) is 3.84. The smallest absolute Gasteiger partial charge is 0.266 e. The van der Waals surface area contributed by atoms with E-state index in [1.165, 1.54) is 13.2 Å². The fraction of sp³-hybridized carbons (Fsp3) is 0.182. The molecule has 2 aromatic carbocycles. The van der Waals surface area contributed by atoms with Crippen LogP contribution >= 0.6 is 0 Å². The number of allylic oxidation sites excluding steroid dienone is 1. The van der Waals surface area contributed by atoms with Crippen LogP contribution in [0, 0.1) is 11.3 Å². The maximum atomic E-state index is 12.5. The van der Waals surface area contributed by atoms with Gasteiger partial charge in [0, 0.05) is 17.3 Å². The number of nitrogens with one attached hydrogen (secondary N) is 1. The van der Waals surface area contributed by atoms with Crippen LogP contribution in [0.5, 0.6) is 17.2 Å². The molecule has 0 aliphatic heterocycles. The van der Waals surface area contributed by atoms with Crippen molar-refractivity contribution in [2.45, 2.75) is 13.3 Å². The summed E-state index contributed by atoms with van der Waals surface area (Å²) in [6, 6.07) is 12.0. The van der Waals surface area contributed by atoms with Crippen LogP contribution in [0.4, 0.5) is 5.69 Å². The number of nitriles is 1. The number of carbonyl (C=O) groups is 1. The number of phenolic OH excluding ortho intramolecular Hbond substituents is 1. The lowest BCUT2D eigenvalue weighted by molar-refractivity contribution is -0.112. The molecular formula is C22H22N2O4. The van der Waals surface area contributed by atoms with E-state index in [-0.39, 0.29) is 11.3 Å². The van der Waals surface area contributed by atoms with Gasteiger partial charge in [-0.2, -0.15) is 5.26 Å². The second kappa shape index (κ2) is 9.83.